The highest BCUT2D eigenvalue weighted by Gasteiger charge is 2.16. The second-order valence-electron chi connectivity index (χ2n) is 5.46. The maximum atomic E-state index is 12.9. The Balaban J connectivity index is 2.16. The lowest BCUT2D eigenvalue weighted by molar-refractivity contribution is 0.0735. The zero-order valence-corrected chi connectivity index (χ0v) is 14.0. The first kappa shape index (κ1) is 16.6. The van der Waals surface area contributed by atoms with Gasteiger partial charge in [-0.2, -0.15) is 0 Å². The second-order valence-corrected chi connectivity index (χ2v) is 5.46. The van der Waals surface area contributed by atoms with E-state index in [0.29, 0.717) is 16.9 Å². The zero-order valence-electron chi connectivity index (χ0n) is 14.0. The van der Waals surface area contributed by atoms with Gasteiger partial charge in [0, 0.05) is 16.2 Å². The topological polar surface area (TPSA) is 56.3 Å². The Hall–Kier alpha value is -3.27. The lowest BCUT2D eigenvalue weighted by Crippen LogP contribution is -2.35. The summed E-state index contributed by atoms with van der Waals surface area (Å²) < 4.78 is 5.53. The summed E-state index contributed by atoms with van der Waals surface area (Å²) in [5.74, 6) is -0.0609. The van der Waals surface area contributed by atoms with E-state index in [4.69, 9.17) is 4.74 Å². The van der Waals surface area contributed by atoms with Gasteiger partial charge < -0.3 is 4.74 Å². The largest absolute Gasteiger partial charge is 0.423 e. The minimum atomic E-state index is -0.450. The highest BCUT2D eigenvalue weighted by Crippen LogP contribution is 2.17. The number of hydrogen-bond donors (Lipinski definition) is 0. The molecule has 0 fully saturated rings. The Morgan fingerprint density at radius 2 is 1.72 bits per heavy atom. The van der Waals surface area contributed by atoms with Crippen LogP contribution in [0, 0.1) is 0 Å². The second kappa shape index (κ2) is 7.09. The van der Waals surface area contributed by atoms with E-state index in [1.807, 2.05) is 50.3 Å². The van der Waals surface area contributed by atoms with E-state index in [2.05, 4.69) is 4.98 Å². The average Bonchev–Trinajstić information content (AvgIpc) is 2.66. The van der Waals surface area contributed by atoms with Crippen LogP contribution >= 0.6 is 0 Å². The molecule has 1 heterocycles. The smallest absolute Gasteiger partial charge is 0.344 e. The summed E-state index contributed by atoms with van der Waals surface area (Å²) in [5, 5.41) is 2.23. The fourth-order valence-corrected chi connectivity index (χ4v) is 2.75. The predicted molar refractivity (Wildman–Crippen MR) is 98.1 cm³/mol. The third-order valence-corrected chi connectivity index (χ3v) is 3.95. The van der Waals surface area contributed by atoms with Crippen LogP contribution in [0.25, 0.3) is 23.1 Å². The Morgan fingerprint density at radius 3 is 2.36 bits per heavy atom. The van der Waals surface area contributed by atoms with Gasteiger partial charge in [-0.25, -0.2) is 9.78 Å². The molecule has 3 rings (SSSR count). The first-order valence-electron chi connectivity index (χ1n) is 7.96. The fourth-order valence-electron chi connectivity index (χ4n) is 2.75. The maximum Gasteiger partial charge on any atom is 0.344 e. The van der Waals surface area contributed by atoms with E-state index in [1.165, 1.54) is 0 Å². The summed E-state index contributed by atoms with van der Waals surface area (Å²) in [6.07, 6.45) is 4.48. The van der Waals surface area contributed by atoms with E-state index in [-0.39, 0.29) is 0 Å². The lowest BCUT2D eigenvalue weighted by Gasteiger charge is -2.09. The number of pyridine rings is 1. The minimum absolute atomic E-state index is 0.389. The molecule has 0 atom stereocenters. The normalized spacial score (nSPS) is 12.4. The molecule has 0 radical (unpaired) electrons. The number of para-hydroxylation sites is 1. The fraction of sp³-hybridized carbons (Fsp3) is 0.0952. The van der Waals surface area contributed by atoms with Crippen molar-refractivity contribution in [1.29, 1.82) is 0 Å². The third-order valence-electron chi connectivity index (χ3n) is 3.95. The van der Waals surface area contributed by atoms with Gasteiger partial charge in [0.05, 0.1) is 16.4 Å². The number of aromatic nitrogens is 1. The molecule has 0 unspecified atom stereocenters. The van der Waals surface area contributed by atoms with Crippen LogP contribution in [0.4, 0.5) is 0 Å². The van der Waals surface area contributed by atoms with E-state index >= 15 is 0 Å². The Kier molecular flexibility index (Phi) is 4.70. The molecule has 4 nitrogen and oxygen atoms in total. The van der Waals surface area contributed by atoms with Gasteiger partial charge in [0.15, 0.2) is 0 Å². The molecule has 0 saturated carbocycles. The van der Waals surface area contributed by atoms with Crippen LogP contribution in [0.3, 0.4) is 0 Å². The van der Waals surface area contributed by atoms with Gasteiger partial charge in [0.1, 0.15) is 12.0 Å². The molecular formula is C21H17NO3. The van der Waals surface area contributed by atoms with Gasteiger partial charge in [-0.15, -0.1) is 0 Å². The molecule has 4 heteroatoms. The van der Waals surface area contributed by atoms with E-state index < -0.39 is 5.97 Å². The number of aldehydes is 1. The summed E-state index contributed by atoms with van der Waals surface area (Å²) >= 11 is 0. The monoisotopic (exact) mass is 331 g/mol. The highest BCUT2D eigenvalue weighted by molar-refractivity contribution is 6.04. The predicted octanol–water partition coefficient (Wildman–Crippen LogP) is 2.87. The summed E-state index contributed by atoms with van der Waals surface area (Å²) in [6, 6.07) is 13.9. The van der Waals surface area contributed by atoms with Crippen molar-refractivity contribution in [1.82, 2.24) is 4.98 Å². The van der Waals surface area contributed by atoms with Gasteiger partial charge >= 0.3 is 5.97 Å². The summed E-state index contributed by atoms with van der Waals surface area (Å²) in [7, 11) is 0. The number of carbonyl (C=O) groups excluding carboxylic acids is 2. The van der Waals surface area contributed by atoms with Crippen LogP contribution < -0.4 is 15.3 Å². The third kappa shape index (κ3) is 3.19. The van der Waals surface area contributed by atoms with Crippen LogP contribution in [-0.4, -0.2) is 17.2 Å². The zero-order chi connectivity index (χ0) is 17.8. The van der Waals surface area contributed by atoms with Gasteiger partial charge in [-0.1, -0.05) is 30.4 Å². The lowest BCUT2D eigenvalue weighted by atomic mass is 10.1. The number of nitrogens with zero attached hydrogens (tertiary/aromatic N) is 1. The van der Waals surface area contributed by atoms with Crippen molar-refractivity contribution < 1.29 is 14.3 Å². The number of carbonyl (C=O) groups is 2. The SMILES string of the molecule is C/C=c1/c(C(=O)Oc2ccc(C=O)cc2)c2ccccc2n/c1=C/C. The van der Waals surface area contributed by atoms with Gasteiger partial charge in [0.25, 0.3) is 0 Å². The van der Waals surface area contributed by atoms with Crippen molar-refractivity contribution in [2.75, 3.05) is 0 Å². The Morgan fingerprint density at radius 1 is 1.00 bits per heavy atom. The van der Waals surface area contributed by atoms with Crippen molar-refractivity contribution in [3.05, 3.63) is 70.2 Å². The molecule has 0 saturated heterocycles. The van der Waals surface area contributed by atoms with Crippen molar-refractivity contribution in [2.45, 2.75) is 13.8 Å². The number of hydrogen-bond acceptors (Lipinski definition) is 4. The molecule has 2 aromatic carbocycles. The van der Waals surface area contributed by atoms with Crippen molar-refractivity contribution >= 4 is 35.3 Å². The standard InChI is InChI=1S/C21H17NO3/c1-3-16-18(4-2)22-19-8-6-5-7-17(19)20(16)21(24)25-15-11-9-14(13-23)10-12-15/h3-13H,1-2H3/b16-3+,18-4+. The molecule has 0 aliphatic carbocycles. The minimum Gasteiger partial charge on any atom is -0.423 e. The van der Waals surface area contributed by atoms with Crippen LogP contribution in [-0.2, 0) is 0 Å². The summed E-state index contributed by atoms with van der Waals surface area (Å²) in [6.45, 7) is 3.76. The number of esters is 1. The molecular weight excluding hydrogens is 314 g/mol. The first-order chi connectivity index (χ1) is 12.2. The molecule has 0 aliphatic rings. The molecule has 3 aromatic rings. The van der Waals surface area contributed by atoms with Crippen LogP contribution in [0.15, 0.2) is 48.5 Å². The van der Waals surface area contributed by atoms with Gasteiger partial charge in [0.2, 0.25) is 0 Å². The van der Waals surface area contributed by atoms with Crippen LogP contribution in [0.5, 0.6) is 5.75 Å². The van der Waals surface area contributed by atoms with Crippen LogP contribution in [0.2, 0.25) is 0 Å². The quantitative estimate of drug-likeness (QED) is 0.421. The first-order valence-corrected chi connectivity index (χ1v) is 7.96. The van der Waals surface area contributed by atoms with Crippen LogP contribution in [0.1, 0.15) is 34.6 Å². The molecule has 1 aromatic heterocycles. The van der Waals surface area contributed by atoms with Crippen molar-refractivity contribution in [3.63, 3.8) is 0 Å². The van der Waals surface area contributed by atoms with Crippen molar-refractivity contribution in [2.24, 2.45) is 0 Å². The van der Waals surface area contributed by atoms with Gasteiger partial charge in [-0.3, -0.25) is 4.79 Å². The Bertz CT molecular complexity index is 1070. The molecule has 0 bridgehead atoms. The number of fused-ring (bicyclic) bond motifs is 1. The molecule has 0 N–H and O–H groups in total. The molecule has 124 valence electrons. The van der Waals surface area contributed by atoms with E-state index in [0.717, 1.165) is 27.8 Å². The maximum absolute atomic E-state index is 12.9. The molecule has 25 heavy (non-hydrogen) atoms. The summed E-state index contributed by atoms with van der Waals surface area (Å²) in [5.41, 5.74) is 1.75. The number of ether oxygens (including phenoxy) is 1. The number of benzene rings is 2. The average molecular weight is 331 g/mol. The van der Waals surface area contributed by atoms with E-state index in [1.54, 1.807) is 24.3 Å². The van der Waals surface area contributed by atoms with Crippen molar-refractivity contribution in [3.8, 4) is 5.75 Å². The molecule has 0 amide bonds. The highest BCUT2D eigenvalue weighted by atomic mass is 16.5. The summed E-state index contributed by atoms with van der Waals surface area (Å²) in [4.78, 5) is 28.2. The van der Waals surface area contributed by atoms with Gasteiger partial charge in [-0.05, 0) is 44.2 Å². The Labute approximate surface area is 145 Å². The van der Waals surface area contributed by atoms with E-state index in [9.17, 15) is 9.59 Å². The molecule has 0 aliphatic heterocycles. The molecule has 0 spiro atoms. The number of rotatable bonds is 3.